The SMILES string of the molecule is c1ccc(CN(CC2CCCO2)c2nc3nonc3nc2NC2CCCC2)nc1. The molecule has 4 heterocycles. The van der Waals surface area contributed by atoms with Crippen molar-refractivity contribution in [2.45, 2.75) is 57.2 Å². The lowest BCUT2D eigenvalue weighted by molar-refractivity contribution is 0.115. The summed E-state index contributed by atoms with van der Waals surface area (Å²) in [7, 11) is 0. The van der Waals surface area contributed by atoms with Gasteiger partial charge in [-0.25, -0.2) is 14.6 Å². The highest BCUT2D eigenvalue weighted by Crippen LogP contribution is 2.30. The number of nitrogens with zero attached hydrogens (tertiary/aromatic N) is 6. The second kappa shape index (κ2) is 8.28. The van der Waals surface area contributed by atoms with E-state index < -0.39 is 0 Å². The van der Waals surface area contributed by atoms with Crippen molar-refractivity contribution in [3.8, 4) is 0 Å². The molecule has 1 atom stereocenters. The molecule has 0 bridgehead atoms. The number of fused-ring (bicyclic) bond motifs is 1. The van der Waals surface area contributed by atoms with Crippen molar-refractivity contribution < 1.29 is 9.37 Å². The van der Waals surface area contributed by atoms with Gasteiger partial charge in [-0.05, 0) is 48.1 Å². The smallest absolute Gasteiger partial charge is 0.245 e. The molecule has 0 radical (unpaired) electrons. The number of aromatic nitrogens is 5. The monoisotopic (exact) mass is 395 g/mol. The highest BCUT2D eigenvalue weighted by molar-refractivity contribution is 5.74. The number of ether oxygens (including phenoxy) is 1. The Bertz CT molecular complexity index is 936. The van der Waals surface area contributed by atoms with Crippen molar-refractivity contribution in [2.24, 2.45) is 0 Å². The van der Waals surface area contributed by atoms with Crippen LogP contribution in [0.1, 0.15) is 44.2 Å². The summed E-state index contributed by atoms with van der Waals surface area (Å²) in [6.07, 6.45) is 8.88. The summed E-state index contributed by atoms with van der Waals surface area (Å²) in [4.78, 5) is 16.2. The maximum Gasteiger partial charge on any atom is 0.245 e. The molecule has 1 saturated heterocycles. The van der Waals surface area contributed by atoms with Crippen LogP contribution in [0, 0.1) is 0 Å². The molecule has 0 aromatic carbocycles. The number of pyridine rings is 1. The van der Waals surface area contributed by atoms with Crippen LogP contribution in [-0.4, -0.2) is 50.6 Å². The van der Waals surface area contributed by atoms with Gasteiger partial charge in [0.05, 0.1) is 18.3 Å². The van der Waals surface area contributed by atoms with Crippen molar-refractivity contribution >= 4 is 22.9 Å². The molecule has 3 aromatic heterocycles. The van der Waals surface area contributed by atoms with Crippen LogP contribution in [-0.2, 0) is 11.3 Å². The summed E-state index contributed by atoms with van der Waals surface area (Å²) in [5.74, 6) is 1.48. The van der Waals surface area contributed by atoms with E-state index in [9.17, 15) is 0 Å². The van der Waals surface area contributed by atoms with Gasteiger partial charge in [0.15, 0.2) is 11.6 Å². The van der Waals surface area contributed by atoms with E-state index in [4.69, 9.17) is 19.3 Å². The first-order chi connectivity index (χ1) is 14.3. The quantitative estimate of drug-likeness (QED) is 0.647. The largest absolute Gasteiger partial charge is 0.376 e. The molecule has 1 N–H and O–H groups in total. The third-order valence-electron chi connectivity index (χ3n) is 5.62. The highest BCUT2D eigenvalue weighted by Gasteiger charge is 2.26. The molecule has 1 aliphatic carbocycles. The minimum absolute atomic E-state index is 0.172. The molecular weight excluding hydrogens is 370 g/mol. The van der Waals surface area contributed by atoms with Gasteiger partial charge in [0.25, 0.3) is 0 Å². The van der Waals surface area contributed by atoms with Gasteiger partial charge >= 0.3 is 0 Å². The Hall–Kier alpha value is -2.81. The fourth-order valence-corrected chi connectivity index (χ4v) is 4.16. The average molecular weight is 395 g/mol. The van der Waals surface area contributed by atoms with E-state index in [0.29, 0.717) is 23.9 Å². The van der Waals surface area contributed by atoms with Gasteiger partial charge in [-0.1, -0.05) is 18.9 Å². The Morgan fingerprint density at radius 2 is 1.90 bits per heavy atom. The Balaban J connectivity index is 1.51. The lowest BCUT2D eigenvalue weighted by atomic mass is 10.2. The molecule has 2 fully saturated rings. The summed E-state index contributed by atoms with van der Waals surface area (Å²) in [6, 6.07) is 6.35. The summed E-state index contributed by atoms with van der Waals surface area (Å²) in [5, 5.41) is 11.4. The molecular formula is C20H25N7O2. The van der Waals surface area contributed by atoms with Gasteiger partial charge in [-0.15, -0.1) is 0 Å². The minimum Gasteiger partial charge on any atom is -0.376 e. The van der Waals surface area contributed by atoms with E-state index in [1.165, 1.54) is 12.8 Å². The zero-order valence-corrected chi connectivity index (χ0v) is 16.3. The molecule has 5 rings (SSSR count). The first kappa shape index (κ1) is 18.2. The predicted octanol–water partition coefficient (Wildman–Crippen LogP) is 2.95. The molecule has 1 aliphatic heterocycles. The standard InChI is InChI=1S/C20H25N7O2/c1-2-7-14(6-1)22-19-20(24-18-17(23-19)25-29-26-18)27(13-16-9-5-11-28-16)12-15-8-3-4-10-21-15/h3-4,8,10,14,16H,1-2,5-7,9,11-13H2,(H,22,23,25). The van der Waals surface area contributed by atoms with Gasteiger partial charge in [0.1, 0.15) is 0 Å². The van der Waals surface area contributed by atoms with Crippen LogP contribution < -0.4 is 10.2 Å². The number of anilines is 2. The van der Waals surface area contributed by atoms with E-state index in [1.54, 1.807) is 0 Å². The molecule has 1 saturated carbocycles. The first-order valence-corrected chi connectivity index (χ1v) is 10.4. The van der Waals surface area contributed by atoms with Gasteiger partial charge in [0, 0.05) is 25.4 Å². The van der Waals surface area contributed by atoms with Crippen LogP contribution in [0.4, 0.5) is 11.6 Å². The molecule has 0 amide bonds. The fraction of sp³-hybridized carbons (Fsp3) is 0.550. The summed E-state index contributed by atoms with van der Waals surface area (Å²) in [6.45, 7) is 2.15. The van der Waals surface area contributed by atoms with E-state index in [-0.39, 0.29) is 6.10 Å². The molecule has 1 unspecified atom stereocenters. The molecule has 2 aliphatic rings. The summed E-state index contributed by atoms with van der Waals surface area (Å²) < 4.78 is 10.8. The average Bonchev–Trinajstić information content (AvgIpc) is 3.51. The van der Waals surface area contributed by atoms with Crippen LogP contribution in [0.15, 0.2) is 29.0 Å². The van der Waals surface area contributed by atoms with Gasteiger partial charge < -0.3 is 15.0 Å². The topological polar surface area (TPSA) is 102 Å². The maximum atomic E-state index is 5.91. The zero-order valence-electron chi connectivity index (χ0n) is 16.3. The van der Waals surface area contributed by atoms with Gasteiger partial charge in [0.2, 0.25) is 11.3 Å². The zero-order chi connectivity index (χ0) is 19.5. The number of rotatable bonds is 7. The van der Waals surface area contributed by atoms with Crippen LogP contribution in [0.3, 0.4) is 0 Å². The lowest BCUT2D eigenvalue weighted by Crippen LogP contribution is -2.34. The number of nitrogens with one attached hydrogen (secondary N) is 1. The maximum absolute atomic E-state index is 5.91. The van der Waals surface area contributed by atoms with Crippen molar-refractivity contribution in [3.05, 3.63) is 30.1 Å². The Morgan fingerprint density at radius 3 is 2.66 bits per heavy atom. The van der Waals surface area contributed by atoms with E-state index in [2.05, 4.69) is 25.5 Å². The van der Waals surface area contributed by atoms with Crippen LogP contribution >= 0.6 is 0 Å². The third kappa shape index (κ3) is 4.14. The normalized spacial score (nSPS) is 19.8. The van der Waals surface area contributed by atoms with Crippen LogP contribution in [0.5, 0.6) is 0 Å². The van der Waals surface area contributed by atoms with Crippen molar-refractivity contribution in [1.29, 1.82) is 0 Å². The molecule has 9 nitrogen and oxygen atoms in total. The van der Waals surface area contributed by atoms with Crippen molar-refractivity contribution in [3.63, 3.8) is 0 Å². The lowest BCUT2D eigenvalue weighted by Gasteiger charge is -2.28. The minimum atomic E-state index is 0.172. The first-order valence-electron chi connectivity index (χ1n) is 10.4. The molecule has 3 aromatic rings. The van der Waals surface area contributed by atoms with E-state index >= 15 is 0 Å². The Labute approximate surface area is 168 Å². The predicted molar refractivity (Wildman–Crippen MR) is 108 cm³/mol. The van der Waals surface area contributed by atoms with Crippen molar-refractivity contribution in [1.82, 2.24) is 25.3 Å². The Morgan fingerprint density at radius 1 is 1.03 bits per heavy atom. The molecule has 152 valence electrons. The second-order valence-electron chi connectivity index (χ2n) is 7.77. The second-order valence-corrected chi connectivity index (χ2v) is 7.77. The number of hydrogen-bond acceptors (Lipinski definition) is 9. The fourth-order valence-electron chi connectivity index (χ4n) is 4.16. The third-order valence-corrected chi connectivity index (χ3v) is 5.62. The van der Waals surface area contributed by atoms with E-state index in [1.807, 2.05) is 24.4 Å². The number of hydrogen-bond donors (Lipinski definition) is 1. The molecule has 9 heteroatoms. The summed E-state index contributed by atoms with van der Waals surface area (Å²) in [5.41, 5.74) is 1.80. The van der Waals surface area contributed by atoms with E-state index in [0.717, 1.165) is 56.2 Å². The molecule has 29 heavy (non-hydrogen) atoms. The highest BCUT2D eigenvalue weighted by atomic mass is 16.6. The van der Waals surface area contributed by atoms with Gasteiger partial charge in [-0.3, -0.25) is 4.98 Å². The molecule has 0 spiro atoms. The van der Waals surface area contributed by atoms with Crippen molar-refractivity contribution in [2.75, 3.05) is 23.4 Å². The summed E-state index contributed by atoms with van der Waals surface area (Å²) >= 11 is 0. The van der Waals surface area contributed by atoms with Crippen LogP contribution in [0.25, 0.3) is 11.3 Å². The van der Waals surface area contributed by atoms with Gasteiger partial charge in [-0.2, -0.15) is 0 Å². The van der Waals surface area contributed by atoms with Crippen LogP contribution in [0.2, 0.25) is 0 Å². The Kier molecular flexibility index (Phi) is 5.21.